The summed E-state index contributed by atoms with van der Waals surface area (Å²) in [6.07, 6.45) is -0.0158. The van der Waals surface area contributed by atoms with Crippen molar-refractivity contribution < 1.29 is 22.3 Å². The molecule has 0 radical (unpaired) electrons. The predicted octanol–water partition coefficient (Wildman–Crippen LogP) is 4.65. The van der Waals surface area contributed by atoms with E-state index in [0.29, 0.717) is 11.3 Å². The molecule has 0 aliphatic rings. The first-order valence-electron chi connectivity index (χ1n) is 10.1. The molecule has 0 spiro atoms. The first-order chi connectivity index (χ1) is 15.2. The number of hydrogen-bond donors (Lipinski definition) is 2. The highest BCUT2D eigenvalue weighted by Crippen LogP contribution is 2.22. The summed E-state index contributed by atoms with van der Waals surface area (Å²) < 4.78 is 47.3. The molecule has 2 N–H and O–H groups in total. The van der Waals surface area contributed by atoms with E-state index in [1.54, 1.807) is 13.0 Å². The Kier molecular flexibility index (Phi) is 7.15. The van der Waals surface area contributed by atoms with Gasteiger partial charge in [0.2, 0.25) is 0 Å². The fourth-order valence-corrected chi connectivity index (χ4v) is 4.14. The zero-order valence-electron chi connectivity index (χ0n) is 18.1. The van der Waals surface area contributed by atoms with Crippen LogP contribution in [0.1, 0.15) is 35.3 Å². The van der Waals surface area contributed by atoms with Crippen LogP contribution in [0.2, 0.25) is 0 Å². The van der Waals surface area contributed by atoms with Crippen molar-refractivity contribution in [3.05, 3.63) is 89.2 Å². The summed E-state index contributed by atoms with van der Waals surface area (Å²) in [5, 5.41) is 2.81. The predicted molar refractivity (Wildman–Crippen MR) is 122 cm³/mol. The maximum Gasteiger partial charge on any atom is 0.262 e. The number of sulfonamides is 1. The van der Waals surface area contributed by atoms with Gasteiger partial charge < -0.3 is 10.1 Å². The van der Waals surface area contributed by atoms with E-state index in [2.05, 4.69) is 10.0 Å². The molecule has 0 aromatic heterocycles. The summed E-state index contributed by atoms with van der Waals surface area (Å²) in [6.45, 7) is 5.76. The van der Waals surface area contributed by atoms with E-state index in [9.17, 15) is 17.6 Å². The van der Waals surface area contributed by atoms with Gasteiger partial charge in [-0.1, -0.05) is 36.4 Å². The summed E-state index contributed by atoms with van der Waals surface area (Å²) in [5.74, 6) is -0.446. The minimum Gasteiger partial charge on any atom is -0.491 e. The van der Waals surface area contributed by atoms with E-state index < -0.39 is 21.7 Å². The fourth-order valence-electron chi connectivity index (χ4n) is 3.05. The molecule has 0 aliphatic heterocycles. The van der Waals surface area contributed by atoms with Crippen molar-refractivity contribution in [2.75, 3.05) is 4.72 Å². The van der Waals surface area contributed by atoms with Crippen molar-refractivity contribution in [2.45, 2.75) is 38.3 Å². The zero-order valence-corrected chi connectivity index (χ0v) is 18.9. The highest BCUT2D eigenvalue weighted by atomic mass is 32.2. The quantitative estimate of drug-likeness (QED) is 0.517. The molecular formula is C24H25FN2O4S. The third kappa shape index (κ3) is 5.64. The third-order valence-corrected chi connectivity index (χ3v) is 6.02. The van der Waals surface area contributed by atoms with Gasteiger partial charge in [-0.2, -0.15) is 0 Å². The van der Waals surface area contributed by atoms with Gasteiger partial charge in [0.1, 0.15) is 11.6 Å². The van der Waals surface area contributed by atoms with E-state index in [-0.39, 0.29) is 28.8 Å². The minimum atomic E-state index is -4.09. The first kappa shape index (κ1) is 23.3. The molecule has 0 saturated heterocycles. The molecular weight excluding hydrogens is 431 g/mol. The second-order valence-corrected chi connectivity index (χ2v) is 9.20. The van der Waals surface area contributed by atoms with Crippen molar-refractivity contribution in [1.29, 1.82) is 0 Å². The van der Waals surface area contributed by atoms with Crippen LogP contribution >= 0.6 is 0 Å². The largest absolute Gasteiger partial charge is 0.491 e. The summed E-state index contributed by atoms with van der Waals surface area (Å²) in [4.78, 5) is 12.7. The van der Waals surface area contributed by atoms with Crippen molar-refractivity contribution in [1.82, 2.24) is 5.32 Å². The molecule has 0 atom stereocenters. The summed E-state index contributed by atoms with van der Waals surface area (Å²) in [6, 6.07) is 17.1. The number of carbonyl (C=O) groups excluding carboxylic acids is 1. The van der Waals surface area contributed by atoms with Crippen molar-refractivity contribution in [3.63, 3.8) is 0 Å². The molecule has 6 nitrogen and oxygen atoms in total. The molecule has 1 amide bonds. The van der Waals surface area contributed by atoms with Gasteiger partial charge >= 0.3 is 0 Å². The number of nitrogens with one attached hydrogen (secondary N) is 2. The van der Waals surface area contributed by atoms with E-state index in [4.69, 9.17) is 4.74 Å². The lowest BCUT2D eigenvalue weighted by Gasteiger charge is -2.15. The van der Waals surface area contributed by atoms with Crippen LogP contribution in [0.25, 0.3) is 0 Å². The number of ether oxygens (including phenoxy) is 1. The first-order valence-corrected chi connectivity index (χ1v) is 11.6. The van der Waals surface area contributed by atoms with E-state index in [1.807, 2.05) is 38.1 Å². The molecule has 3 rings (SSSR count). The van der Waals surface area contributed by atoms with Crippen molar-refractivity contribution in [3.8, 4) is 5.75 Å². The molecule has 0 heterocycles. The number of hydrogen-bond acceptors (Lipinski definition) is 4. The monoisotopic (exact) mass is 456 g/mol. The number of rotatable bonds is 8. The normalized spacial score (nSPS) is 11.3. The van der Waals surface area contributed by atoms with Crippen LogP contribution in [0.3, 0.4) is 0 Å². The molecule has 168 valence electrons. The summed E-state index contributed by atoms with van der Waals surface area (Å²) in [7, 11) is -4.09. The van der Waals surface area contributed by atoms with Gasteiger partial charge in [0.05, 0.1) is 16.7 Å². The second-order valence-electron chi connectivity index (χ2n) is 7.52. The maximum atomic E-state index is 13.9. The Bertz CT molecular complexity index is 1230. The minimum absolute atomic E-state index is 0.0158. The number of para-hydroxylation sites is 2. The lowest BCUT2D eigenvalue weighted by Crippen LogP contribution is -2.25. The topological polar surface area (TPSA) is 84.5 Å². The van der Waals surface area contributed by atoms with Gasteiger partial charge in [0.15, 0.2) is 0 Å². The Morgan fingerprint density at radius 3 is 2.44 bits per heavy atom. The highest BCUT2D eigenvalue weighted by molar-refractivity contribution is 7.92. The van der Waals surface area contributed by atoms with Crippen LogP contribution in [0.15, 0.2) is 71.6 Å². The Hall–Kier alpha value is -3.39. The number of carbonyl (C=O) groups is 1. The van der Waals surface area contributed by atoms with E-state index in [1.165, 1.54) is 30.3 Å². The molecule has 0 fully saturated rings. The molecule has 3 aromatic carbocycles. The van der Waals surface area contributed by atoms with Crippen molar-refractivity contribution >= 4 is 21.6 Å². The third-order valence-electron chi connectivity index (χ3n) is 4.66. The molecule has 0 unspecified atom stereocenters. The van der Waals surface area contributed by atoms with E-state index >= 15 is 0 Å². The molecule has 3 aromatic rings. The number of aryl methyl sites for hydroxylation is 1. The van der Waals surface area contributed by atoms with Crippen LogP contribution in [0.5, 0.6) is 5.75 Å². The van der Waals surface area contributed by atoms with Gasteiger partial charge in [-0.15, -0.1) is 0 Å². The summed E-state index contributed by atoms with van der Waals surface area (Å²) in [5.41, 5.74) is 1.46. The van der Waals surface area contributed by atoms with E-state index in [0.717, 1.165) is 11.6 Å². The van der Waals surface area contributed by atoms with Crippen LogP contribution < -0.4 is 14.8 Å². The average Bonchev–Trinajstić information content (AvgIpc) is 2.74. The number of amides is 1. The van der Waals surface area contributed by atoms with Gasteiger partial charge in [0, 0.05) is 17.7 Å². The second kappa shape index (κ2) is 9.82. The molecule has 0 bridgehead atoms. The van der Waals surface area contributed by atoms with Crippen LogP contribution in [-0.4, -0.2) is 20.4 Å². The van der Waals surface area contributed by atoms with Gasteiger partial charge in [-0.05, 0) is 56.7 Å². The lowest BCUT2D eigenvalue weighted by atomic mass is 10.1. The molecule has 0 saturated carbocycles. The maximum absolute atomic E-state index is 13.9. The lowest BCUT2D eigenvalue weighted by molar-refractivity contribution is 0.0949. The average molecular weight is 457 g/mol. The van der Waals surface area contributed by atoms with Crippen LogP contribution in [0.4, 0.5) is 10.1 Å². The molecule has 32 heavy (non-hydrogen) atoms. The number of anilines is 1. The smallest absolute Gasteiger partial charge is 0.262 e. The Labute approximate surface area is 187 Å². The Morgan fingerprint density at radius 1 is 1.03 bits per heavy atom. The summed E-state index contributed by atoms with van der Waals surface area (Å²) >= 11 is 0. The van der Waals surface area contributed by atoms with Crippen LogP contribution in [0, 0.1) is 12.7 Å². The van der Waals surface area contributed by atoms with Crippen LogP contribution in [-0.2, 0) is 16.6 Å². The number of benzene rings is 3. The Morgan fingerprint density at radius 2 is 1.72 bits per heavy atom. The van der Waals surface area contributed by atoms with Gasteiger partial charge in [-0.25, -0.2) is 12.8 Å². The standard InChI is InChI=1S/C24H25FN2O4S/c1-16(2)31-23-11-7-4-8-18(23)15-26-24(28)20-14-19(13-12-17(20)3)32(29,30)27-22-10-6-5-9-21(22)25/h4-14,16,27H,15H2,1-3H3,(H,26,28). The van der Waals surface area contributed by atoms with Crippen molar-refractivity contribution in [2.24, 2.45) is 0 Å². The fraction of sp³-hybridized carbons (Fsp3) is 0.208. The molecule has 8 heteroatoms. The highest BCUT2D eigenvalue weighted by Gasteiger charge is 2.20. The van der Waals surface area contributed by atoms with Gasteiger partial charge in [0.25, 0.3) is 15.9 Å². The van der Waals surface area contributed by atoms with Gasteiger partial charge in [-0.3, -0.25) is 9.52 Å². The molecule has 0 aliphatic carbocycles. The zero-order chi connectivity index (χ0) is 23.3. The SMILES string of the molecule is Cc1ccc(S(=O)(=O)Nc2ccccc2F)cc1C(=O)NCc1ccccc1OC(C)C. The number of halogens is 1. The Balaban J connectivity index is 1.80.